The van der Waals surface area contributed by atoms with Crippen LogP contribution in [0.4, 0.5) is 13.2 Å². The predicted molar refractivity (Wildman–Crippen MR) is 53.7 cm³/mol. The average molecular weight is 276 g/mol. The molecule has 0 aliphatic carbocycles. The predicted octanol–water partition coefficient (Wildman–Crippen LogP) is 2.06. The first-order valence-corrected chi connectivity index (χ1v) is 6.65. The molecule has 0 aromatic rings. The molecular formula is C9H15F3O4S. The number of alkyl halides is 3. The van der Waals surface area contributed by atoms with Crippen LogP contribution >= 0.6 is 0 Å². The maximum atomic E-state index is 12.1. The second-order valence-corrected chi connectivity index (χ2v) is 5.86. The minimum atomic E-state index is -5.50. The van der Waals surface area contributed by atoms with Crippen LogP contribution in [0, 0.1) is 5.92 Å². The highest BCUT2D eigenvalue weighted by atomic mass is 32.2. The highest BCUT2D eigenvalue weighted by molar-refractivity contribution is 7.87. The molecule has 1 fully saturated rings. The topological polar surface area (TPSA) is 52.6 Å². The minimum absolute atomic E-state index is 0.106. The summed E-state index contributed by atoms with van der Waals surface area (Å²) >= 11 is 0. The van der Waals surface area contributed by atoms with Crippen molar-refractivity contribution in [3.05, 3.63) is 0 Å². The SMILES string of the molecule is CC(C)C1CC(OS(=O)(=O)C(F)(F)F)CCO1. The van der Waals surface area contributed by atoms with Gasteiger partial charge in [-0.2, -0.15) is 21.6 Å². The molecule has 0 aromatic heterocycles. The van der Waals surface area contributed by atoms with Crippen LogP contribution in [0.1, 0.15) is 26.7 Å². The highest BCUT2D eigenvalue weighted by Gasteiger charge is 2.49. The van der Waals surface area contributed by atoms with Gasteiger partial charge in [-0.05, 0) is 12.3 Å². The summed E-state index contributed by atoms with van der Waals surface area (Å²) in [5, 5.41) is 0. The van der Waals surface area contributed by atoms with Crippen molar-refractivity contribution >= 4 is 10.1 Å². The zero-order valence-corrected chi connectivity index (χ0v) is 10.3. The van der Waals surface area contributed by atoms with Crippen molar-refractivity contribution in [1.82, 2.24) is 0 Å². The lowest BCUT2D eigenvalue weighted by Gasteiger charge is -2.31. The van der Waals surface area contributed by atoms with E-state index in [2.05, 4.69) is 4.18 Å². The summed E-state index contributed by atoms with van der Waals surface area (Å²) in [6.45, 7) is 3.91. The molecule has 0 spiro atoms. The lowest BCUT2D eigenvalue weighted by Crippen LogP contribution is -2.38. The summed E-state index contributed by atoms with van der Waals surface area (Å²) in [4.78, 5) is 0. The van der Waals surface area contributed by atoms with E-state index in [0.717, 1.165) is 0 Å². The Morgan fingerprint density at radius 2 is 1.94 bits per heavy atom. The molecule has 2 atom stereocenters. The maximum Gasteiger partial charge on any atom is 0.523 e. The molecule has 1 saturated heterocycles. The number of hydrogen-bond donors (Lipinski definition) is 0. The van der Waals surface area contributed by atoms with Crippen molar-refractivity contribution in [2.24, 2.45) is 5.92 Å². The summed E-state index contributed by atoms with van der Waals surface area (Å²) < 4.78 is 67.4. The van der Waals surface area contributed by atoms with E-state index in [1.807, 2.05) is 13.8 Å². The molecule has 0 aromatic carbocycles. The standard InChI is InChI=1S/C9H15F3O4S/c1-6(2)8-5-7(3-4-15-8)16-17(13,14)9(10,11)12/h6-8H,3-5H2,1-2H3. The molecule has 0 saturated carbocycles. The van der Waals surface area contributed by atoms with Gasteiger partial charge in [-0.25, -0.2) is 0 Å². The Bertz CT molecular complexity index is 350. The van der Waals surface area contributed by atoms with Gasteiger partial charge in [0.05, 0.1) is 12.2 Å². The third kappa shape index (κ3) is 3.82. The Morgan fingerprint density at radius 1 is 1.35 bits per heavy atom. The first-order chi connectivity index (χ1) is 7.63. The molecular weight excluding hydrogens is 261 g/mol. The maximum absolute atomic E-state index is 12.1. The molecule has 0 radical (unpaired) electrons. The summed E-state index contributed by atoms with van der Waals surface area (Å²) in [7, 11) is -5.50. The average Bonchev–Trinajstić information content (AvgIpc) is 2.15. The van der Waals surface area contributed by atoms with E-state index in [0.29, 0.717) is 0 Å². The van der Waals surface area contributed by atoms with E-state index in [1.165, 1.54) is 0 Å². The summed E-state index contributed by atoms with van der Waals surface area (Å²) in [6, 6.07) is 0. The van der Waals surface area contributed by atoms with Gasteiger partial charge in [0, 0.05) is 13.0 Å². The molecule has 1 rings (SSSR count). The third-order valence-corrected chi connectivity index (χ3v) is 3.65. The second kappa shape index (κ2) is 5.11. The molecule has 0 amide bonds. The first-order valence-electron chi connectivity index (χ1n) is 5.24. The van der Waals surface area contributed by atoms with E-state index < -0.39 is 21.7 Å². The molecule has 1 heterocycles. The van der Waals surface area contributed by atoms with Crippen LogP contribution in [-0.4, -0.2) is 32.7 Å². The van der Waals surface area contributed by atoms with Crippen LogP contribution in [0.15, 0.2) is 0 Å². The summed E-state index contributed by atoms with van der Waals surface area (Å²) in [6.07, 6.45) is -0.911. The van der Waals surface area contributed by atoms with Crippen LogP contribution in [0.5, 0.6) is 0 Å². The molecule has 0 N–H and O–H groups in total. The van der Waals surface area contributed by atoms with E-state index in [4.69, 9.17) is 4.74 Å². The number of rotatable bonds is 3. The van der Waals surface area contributed by atoms with Crippen LogP contribution in [-0.2, 0) is 19.0 Å². The Hall–Kier alpha value is -0.340. The molecule has 17 heavy (non-hydrogen) atoms. The largest absolute Gasteiger partial charge is 0.523 e. The molecule has 2 unspecified atom stereocenters. The normalized spacial score (nSPS) is 27.4. The van der Waals surface area contributed by atoms with Gasteiger partial charge in [0.1, 0.15) is 0 Å². The lowest BCUT2D eigenvalue weighted by atomic mass is 9.97. The quantitative estimate of drug-likeness (QED) is 0.585. The van der Waals surface area contributed by atoms with Gasteiger partial charge < -0.3 is 4.74 Å². The summed E-state index contributed by atoms with van der Waals surface area (Å²) in [5.41, 5.74) is -5.36. The lowest BCUT2D eigenvalue weighted by molar-refractivity contribution is -0.0777. The van der Waals surface area contributed by atoms with Gasteiger partial charge in [-0.1, -0.05) is 13.8 Å². The van der Waals surface area contributed by atoms with Crippen molar-refractivity contribution < 1.29 is 30.5 Å². The summed E-state index contributed by atoms with van der Waals surface area (Å²) in [5.74, 6) is 0.106. The molecule has 0 bridgehead atoms. The van der Waals surface area contributed by atoms with Crippen LogP contribution < -0.4 is 0 Å². The molecule has 1 aliphatic rings. The Morgan fingerprint density at radius 3 is 2.41 bits per heavy atom. The Labute approximate surface area is 98.2 Å². The fourth-order valence-electron chi connectivity index (χ4n) is 1.58. The number of hydrogen-bond acceptors (Lipinski definition) is 4. The molecule has 102 valence electrons. The minimum Gasteiger partial charge on any atom is -0.378 e. The van der Waals surface area contributed by atoms with Crippen molar-refractivity contribution in [2.75, 3.05) is 6.61 Å². The van der Waals surface area contributed by atoms with E-state index in [1.54, 1.807) is 0 Å². The van der Waals surface area contributed by atoms with Gasteiger partial charge in [-0.3, -0.25) is 4.18 Å². The monoisotopic (exact) mass is 276 g/mol. The van der Waals surface area contributed by atoms with Crippen molar-refractivity contribution in [3.63, 3.8) is 0 Å². The van der Waals surface area contributed by atoms with Gasteiger partial charge in [0.2, 0.25) is 0 Å². The van der Waals surface area contributed by atoms with Crippen molar-refractivity contribution in [1.29, 1.82) is 0 Å². The van der Waals surface area contributed by atoms with Crippen LogP contribution in [0.25, 0.3) is 0 Å². The fraction of sp³-hybridized carbons (Fsp3) is 1.00. The second-order valence-electron chi connectivity index (χ2n) is 4.30. The zero-order chi connectivity index (χ0) is 13.3. The molecule has 1 aliphatic heterocycles. The van der Waals surface area contributed by atoms with E-state index in [-0.39, 0.29) is 31.5 Å². The van der Waals surface area contributed by atoms with Gasteiger partial charge in [0.25, 0.3) is 0 Å². The van der Waals surface area contributed by atoms with Crippen molar-refractivity contribution in [3.8, 4) is 0 Å². The van der Waals surface area contributed by atoms with Gasteiger partial charge in [0.15, 0.2) is 0 Å². The molecule has 8 heteroatoms. The fourth-order valence-corrected chi connectivity index (χ4v) is 2.22. The smallest absolute Gasteiger partial charge is 0.378 e. The van der Waals surface area contributed by atoms with E-state index >= 15 is 0 Å². The number of halogens is 3. The Balaban J connectivity index is 2.64. The van der Waals surface area contributed by atoms with Gasteiger partial charge in [-0.15, -0.1) is 0 Å². The zero-order valence-electron chi connectivity index (χ0n) is 9.53. The van der Waals surface area contributed by atoms with E-state index in [9.17, 15) is 21.6 Å². The Kier molecular flexibility index (Phi) is 4.43. The van der Waals surface area contributed by atoms with Crippen molar-refractivity contribution in [2.45, 2.75) is 44.4 Å². The molecule has 4 nitrogen and oxygen atoms in total. The third-order valence-electron chi connectivity index (χ3n) is 2.56. The number of ether oxygens (including phenoxy) is 1. The highest BCUT2D eigenvalue weighted by Crippen LogP contribution is 2.30. The first kappa shape index (κ1) is 14.7. The van der Waals surface area contributed by atoms with Gasteiger partial charge >= 0.3 is 15.6 Å². The van der Waals surface area contributed by atoms with Crippen LogP contribution in [0.3, 0.4) is 0 Å². The van der Waals surface area contributed by atoms with Crippen LogP contribution in [0.2, 0.25) is 0 Å².